The number of halogens is 2. The molecule has 0 saturated heterocycles. The Morgan fingerprint density at radius 3 is 2.41 bits per heavy atom. The lowest BCUT2D eigenvalue weighted by atomic mass is 9.95. The van der Waals surface area contributed by atoms with Crippen LogP contribution >= 0.6 is 0 Å². The monoisotopic (exact) mass is 456 g/mol. The van der Waals surface area contributed by atoms with Crippen molar-refractivity contribution in [2.75, 3.05) is 5.73 Å². The van der Waals surface area contributed by atoms with Gasteiger partial charge in [-0.2, -0.15) is 4.52 Å². The van der Waals surface area contributed by atoms with Crippen LogP contribution in [0.1, 0.15) is 35.5 Å². The summed E-state index contributed by atoms with van der Waals surface area (Å²) >= 11 is 0. The molecule has 0 fully saturated rings. The second-order valence-electron chi connectivity index (χ2n) is 8.28. The second kappa shape index (κ2) is 8.30. The zero-order valence-electron chi connectivity index (χ0n) is 18.9. The fourth-order valence-corrected chi connectivity index (χ4v) is 4.26. The van der Waals surface area contributed by atoms with Crippen LogP contribution in [0.3, 0.4) is 0 Å². The lowest BCUT2D eigenvalue weighted by Crippen LogP contribution is -2.07. The summed E-state index contributed by atoms with van der Waals surface area (Å²) in [4.78, 5) is 13.7. The number of hydrogen-bond donors (Lipinski definition) is 1. The molecule has 0 saturated carbocycles. The number of hydrogen-bond acceptors (Lipinski definition) is 5. The van der Waals surface area contributed by atoms with Crippen LogP contribution in [0.2, 0.25) is 0 Å². The van der Waals surface area contributed by atoms with Crippen molar-refractivity contribution in [1.29, 1.82) is 0 Å². The molecule has 3 heterocycles. The van der Waals surface area contributed by atoms with E-state index in [2.05, 4.69) is 15.1 Å². The first-order chi connectivity index (χ1) is 16.3. The average Bonchev–Trinajstić information content (AvgIpc) is 3.25. The molecule has 0 radical (unpaired) electrons. The van der Waals surface area contributed by atoms with E-state index in [4.69, 9.17) is 10.7 Å². The van der Waals surface area contributed by atoms with Gasteiger partial charge in [0.15, 0.2) is 11.5 Å². The van der Waals surface area contributed by atoms with E-state index in [1.54, 1.807) is 24.4 Å². The van der Waals surface area contributed by atoms with Crippen LogP contribution in [0.4, 0.5) is 14.7 Å². The van der Waals surface area contributed by atoms with Crippen molar-refractivity contribution in [3.63, 3.8) is 0 Å². The Morgan fingerprint density at radius 2 is 1.71 bits per heavy atom. The van der Waals surface area contributed by atoms with E-state index in [1.165, 1.54) is 22.7 Å². The highest BCUT2D eigenvalue weighted by atomic mass is 19.1. The van der Waals surface area contributed by atoms with Gasteiger partial charge >= 0.3 is 0 Å². The summed E-state index contributed by atoms with van der Waals surface area (Å²) in [6.07, 6.45) is 1.70. The van der Waals surface area contributed by atoms with Gasteiger partial charge in [-0.15, -0.1) is 5.10 Å². The van der Waals surface area contributed by atoms with Crippen LogP contribution in [-0.4, -0.2) is 24.6 Å². The molecule has 0 aliphatic carbocycles. The first-order valence-corrected chi connectivity index (χ1v) is 10.8. The molecule has 2 aromatic carbocycles. The SMILES string of the molecule is Cc1cc(-c2c(-c3ccc(F)cc3)nc(N)n3nc(C(C)c4c(C)cccc4F)nc23)ccn1. The van der Waals surface area contributed by atoms with Gasteiger partial charge in [-0.25, -0.2) is 18.7 Å². The van der Waals surface area contributed by atoms with Crippen LogP contribution in [0.5, 0.6) is 0 Å². The molecule has 0 bridgehead atoms. The first-order valence-electron chi connectivity index (χ1n) is 10.8. The standard InChI is InChI=1S/C26H22F2N6/c1-14-5-4-6-20(28)21(14)16(3)24-32-25-22(18-11-12-30-15(2)13-18)23(31-26(29)34(25)33-24)17-7-9-19(27)10-8-17/h4-13,16H,1-3H3,(H2,29,31). The zero-order chi connectivity index (χ0) is 24.0. The molecule has 0 spiro atoms. The smallest absolute Gasteiger partial charge is 0.223 e. The van der Waals surface area contributed by atoms with E-state index in [1.807, 2.05) is 39.0 Å². The van der Waals surface area contributed by atoms with Crippen LogP contribution in [-0.2, 0) is 0 Å². The van der Waals surface area contributed by atoms with Crippen molar-refractivity contribution in [3.8, 4) is 22.4 Å². The van der Waals surface area contributed by atoms with Crippen molar-refractivity contribution in [2.24, 2.45) is 0 Å². The molecule has 2 N–H and O–H groups in total. The topological polar surface area (TPSA) is 82.0 Å². The van der Waals surface area contributed by atoms with Crippen molar-refractivity contribution in [2.45, 2.75) is 26.7 Å². The molecule has 1 unspecified atom stereocenters. The Labute approximate surface area is 195 Å². The van der Waals surface area contributed by atoms with E-state index in [0.717, 1.165) is 16.8 Å². The fourth-order valence-electron chi connectivity index (χ4n) is 4.26. The molecule has 1 atom stereocenters. The van der Waals surface area contributed by atoms with Gasteiger partial charge in [0.1, 0.15) is 11.6 Å². The first kappa shape index (κ1) is 21.6. The van der Waals surface area contributed by atoms with Crippen LogP contribution < -0.4 is 5.73 Å². The van der Waals surface area contributed by atoms with Crippen LogP contribution in [0, 0.1) is 25.5 Å². The molecule has 5 aromatic rings. The number of aryl methyl sites for hydroxylation is 2. The summed E-state index contributed by atoms with van der Waals surface area (Å²) in [6.45, 7) is 5.61. The number of benzene rings is 2. The molecule has 6 nitrogen and oxygen atoms in total. The number of nitrogens with two attached hydrogens (primary N) is 1. The van der Waals surface area contributed by atoms with Gasteiger partial charge in [-0.1, -0.05) is 19.1 Å². The molecule has 0 amide bonds. The molecule has 0 aliphatic heterocycles. The Bertz CT molecular complexity index is 1500. The van der Waals surface area contributed by atoms with Crippen LogP contribution in [0.25, 0.3) is 28.0 Å². The molecular weight excluding hydrogens is 434 g/mol. The lowest BCUT2D eigenvalue weighted by Gasteiger charge is -2.12. The van der Waals surface area contributed by atoms with Crippen LogP contribution in [0.15, 0.2) is 60.8 Å². The minimum atomic E-state index is -0.415. The minimum absolute atomic E-state index is 0.125. The minimum Gasteiger partial charge on any atom is -0.368 e. The number of fused-ring (bicyclic) bond motifs is 1. The van der Waals surface area contributed by atoms with Gasteiger partial charge in [0.2, 0.25) is 5.95 Å². The van der Waals surface area contributed by atoms with Gasteiger partial charge in [0.05, 0.1) is 11.3 Å². The highest BCUT2D eigenvalue weighted by Crippen LogP contribution is 2.36. The number of aromatic nitrogens is 5. The number of anilines is 1. The Kier molecular flexibility index (Phi) is 5.28. The molecule has 3 aromatic heterocycles. The maximum absolute atomic E-state index is 14.7. The summed E-state index contributed by atoms with van der Waals surface area (Å²) < 4.78 is 29.8. The molecule has 5 rings (SSSR count). The van der Waals surface area contributed by atoms with Gasteiger partial charge in [-0.05, 0) is 67.4 Å². The lowest BCUT2D eigenvalue weighted by molar-refractivity contribution is 0.595. The highest BCUT2D eigenvalue weighted by Gasteiger charge is 2.24. The Morgan fingerprint density at radius 1 is 0.941 bits per heavy atom. The van der Waals surface area contributed by atoms with Gasteiger partial charge in [0, 0.05) is 28.9 Å². The maximum Gasteiger partial charge on any atom is 0.223 e. The molecule has 0 aliphatic rings. The van der Waals surface area contributed by atoms with E-state index in [-0.39, 0.29) is 17.6 Å². The van der Waals surface area contributed by atoms with Crippen molar-refractivity contribution < 1.29 is 8.78 Å². The molecule has 170 valence electrons. The summed E-state index contributed by atoms with van der Waals surface area (Å²) in [5.41, 5.74) is 11.7. The van der Waals surface area contributed by atoms with Crippen molar-refractivity contribution in [1.82, 2.24) is 24.6 Å². The van der Waals surface area contributed by atoms with E-state index in [0.29, 0.717) is 33.9 Å². The maximum atomic E-state index is 14.7. The van der Waals surface area contributed by atoms with Gasteiger partial charge in [0.25, 0.3) is 0 Å². The van der Waals surface area contributed by atoms with Crippen molar-refractivity contribution >= 4 is 11.6 Å². The number of pyridine rings is 1. The van der Waals surface area contributed by atoms with Crippen molar-refractivity contribution in [3.05, 3.63) is 95.1 Å². The summed E-state index contributed by atoms with van der Waals surface area (Å²) in [7, 11) is 0. The Hall–Kier alpha value is -4.20. The number of rotatable bonds is 4. The van der Waals surface area contributed by atoms with E-state index < -0.39 is 5.92 Å². The van der Waals surface area contributed by atoms with Gasteiger partial charge in [-0.3, -0.25) is 4.98 Å². The predicted molar refractivity (Wildman–Crippen MR) is 127 cm³/mol. The largest absolute Gasteiger partial charge is 0.368 e. The highest BCUT2D eigenvalue weighted by molar-refractivity contribution is 5.90. The fraction of sp³-hybridized carbons (Fsp3) is 0.154. The predicted octanol–water partition coefficient (Wildman–Crippen LogP) is 5.48. The number of nitrogen functional groups attached to an aromatic ring is 1. The molecule has 34 heavy (non-hydrogen) atoms. The Balaban J connectivity index is 1.79. The van der Waals surface area contributed by atoms with E-state index in [9.17, 15) is 8.78 Å². The molecule has 8 heteroatoms. The third-order valence-electron chi connectivity index (χ3n) is 5.92. The molecular formula is C26H22F2N6. The summed E-state index contributed by atoms with van der Waals surface area (Å²) in [5.74, 6) is -0.528. The average molecular weight is 457 g/mol. The normalized spacial score (nSPS) is 12.3. The quantitative estimate of drug-likeness (QED) is 0.387. The number of nitrogens with zero attached hydrogens (tertiary/aromatic N) is 5. The third-order valence-corrected chi connectivity index (χ3v) is 5.92. The zero-order valence-corrected chi connectivity index (χ0v) is 18.9. The summed E-state index contributed by atoms with van der Waals surface area (Å²) in [6, 6.07) is 14.8. The third kappa shape index (κ3) is 3.67. The van der Waals surface area contributed by atoms with E-state index >= 15 is 0 Å². The summed E-state index contributed by atoms with van der Waals surface area (Å²) in [5, 5.41) is 4.60. The second-order valence-corrected chi connectivity index (χ2v) is 8.28. The van der Waals surface area contributed by atoms with Gasteiger partial charge < -0.3 is 5.73 Å².